The number of rotatable bonds is 3. The van der Waals surface area contributed by atoms with Gasteiger partial charge in [-0.3, -0.25) is 4.90 Å². The molecule has 1 N–H and O–H groups in total. The zero-order chi connectivity index (χ0) is 13.1. The molecule has 0 aliphatic carbocycles. The largest absolute Gasteiger partial charge is 0.314 e. The molecule has 0 aromatic heterocycles. The van der Waals surface area contributed by atoms with Crippen molar-refractivity contribution < 1.29 is 4.39 Å². The molecule has 100 valence electrons. The van der Waals surface area contributed by atoms with E-state index in [4.69, 9.17) is 0 Å². The highest BCUT2D eigenvalue weighted by atomic mass is 79.9. The zero-order valence-electron chi connectivity index (χ0n) is 11.0. The van der Waals surface area contributed by atoms with E-state index in [1.807, 2.05) is 12.1 Å². The molecule has 1 aliphatic rings. The van der Waals surface area contributed by atoms with Crippen molar-refractivity contribution >= 4 is 15.9 Å². The van der Waals surface area contributed by atoms with Crippen LogP contribution in [0.4, 0.5) is 4.39 Å². The summed E-state index contributed by atoms with van der Waals surface area (Å²) in [5.41, 5.74) is 1.99. The molecule has 0 radical (unpaired) electrons. The zero-order valence-corrected chi connectivity index (χ0v) is 12.6. The summed E-state index contributed by atoms with van der Waals surface area (Å²) in [6.45, 7) is 8.93. The van der Waals surface area contributed by atoms with E-state index in [0.29, 0.717) is 16.9 Å². The SMILES string of the molecule is CC(C)c1cc(Br)c(F)c(CN2CCNCC2)c1. The number of benzene rings is 1. The van der Waals surface area contributed by atoms with Crippen LogP contribution in [0.25, 0.3) is 0 Å². The summed E-state index contributed by atoms with van der Waals surface area (Å²) in [7, 11) is 0. The molecule has 1 aliphatic heterocycles. The molecule has 1 fully saturated rings. The maximum atomic E-state index is 14.1. The van der Waals surface area contributed by atoms with E-state index < -0.39 is 0 Å². The van der Waals surface area contributed by atoms with Gasteiger partial charge < -0.3 is 5.32 Å². The van der Waals surface area contributed by atoms with Gasteiger partial charge in [0.25, 0.3) is 0 Å². The highest BCUT2D eigenvalue weighted by Gasteiger charge is 2.15. The summed E-state index contributed by atoms with van der Waals surface area (Å²) in [6, 6.07) is 3.90. The van der Waals surface area contributed by atoms with E-state index in [2.05, 4.69) is 40.0 Å². The van der Waals surface area contributed by atoms with Crippen molar-refractivity contribution in [1.82, 2.24) is 10.2 Å². The lowest BCUT2D eigenvalue weighted by atomic mass is 10.00. The third kappa shape index (κ3) is 3.31. The Morgan fingerprint density at radius 2 is 2.00 bits per heavy atom. The van der Waals surface area contributed by atoms with Crippen LogP contribution in [0.3, 0.4) is 0 Å². The summed E-state index contributed by atoms with van der Waals surface area (Å²) in [5, 5.41) is 3.31. The van der Waals surface area contributed by atoms with Gasteiger partial charge >= 0.3 is 0 Å². The molecule has 1 heterocycles. The monoisotopic (exact) mass is 314 g/mol. The van der Waals surface area contributed by atoms with Crippen molar-refractivity contribution in [3.05, 3.63) is 33.5 Å². The molecule has 1 saturated heterocycles. The van der Waals surface area contributed by atoms with Crippen molar-refractivity contribution in [2.24, 2.45) is 0 Å². The maximum Gasteiger partial charge on any atom is 0.141 e. The van der Waals surface area contributed by atoms with E-state index in [9.17, 15) is 4.39 Å². The average molecular weight is 315 g/mol. The highest BCUT2D eigenvalue weighted by Crippen LogP contribution is 2.26. The molecule has 0 spiro atoms. The summed E-state index contributed by atoms with van der Waals surface area (Å²) in [5.74, 6) is 0.307. The molecule has 1 aromatic rings. The first kappa shape index (κ1) is 14.0. The van der Waals surface area contributed by atoms with Gasteiger partial charge in [-0.25, -0.2) is 4.39 Å². The Morgan fingerprint density at radius 3 is 2.61 bits per heavy atom. The first-order valence-electron chi connectivity index (χ1n) is 6.49. The van der Waals surface area contributed by atoms with Crippen LogP contribution in [-0.2, 0) is 6.54 Å². The van der Waals surface area contributed by atoms with Crippen molar-refractivity contribution in [2.45, 2.75) is 26.3 Å². The molecule has 0 saturated carbocycles. The summed E-state index contributed by atoms with van der Waals surface area (Å²) in [6.07, 6.45) is 0. The van der Waals surface area contributed by atoms with Crippen molar-refractivity contribution in [3.63, 3.8) is 0 Å². The minimum atomic E-state index is -0.113. The molecule has 4 heteroatoms. The Hall–Kier alpha value is -0.450. The molecule has 2 rings (SSSR count). The molecule has 18 heavy (non-hydrogen) atoms. The molecule has 0 unspecified atom stereocenters. The molecule has 0 amide bonds. The Bertz CT molecular complexity index is 415. The van der Waals surface area contributed by atoms with Gasteiger partial charge in [-0.15, -0.1) is 0 Å². The standard InChI is InChI=1S/C14H20BrFN2/c1-10(2)11-7-12(14(16)13(15)8-11)9-18-5-3-17-4-6-18/h7-8,10,17H,3-6,9H2,1-2H3. The van der Waals surface area contributed by atoms with Gasteiger partial charge in [-0.05, 0) is 33.5 Å². The Morgan fingerprint density at radius 1 is 1.33 bits per heavy atom. The van der Waals surface area contributed by atoms with Crippen LogP contribution in [0.5, 0.6) is 0 Å². The van der Waals surface area contributed by atoms with Gasteiger partial charge in [0.2, 0.25) is 0 Å². The smallest absolute Gasteiger partial charge is 0.141 e. The van der Waals surface area contributed by atoms with Gasteiger partial charge in [0.1, 0.15) is 5.82 Å². The fraction of sp³-hybridized carbons (Fsp3) is 0.571. The molecular weight excluding hydrogens is 295 g/mol. The summed E-state index contributed by atoms with van der Waals surface area (Å²) < 4.78 is 14.7. The lowest BCUT2D eigenvalue weighted by Crippen LogP contribution is -2.43. The fourth-order valence-corrected chi connectivity index (χ4v) is 2.75. The van der Waals surface area contributed by atoms with Crippen LogP contribution >= 0.6 is 15.9 Å². The predicted octanol–water partition coefficient (Wildman–Crippen LogP) is 3.12. The van der Waals surface area contributed by atoms with Crippen LogP contribution in [0.2, 0.25) is 0 Å². The van der Waals surface area contributed by atoms with Gasteiger partial charge in [0, 0.05) is 38.3 Å². The fourth-order valence-electron chi connectivity index (χ4n) is 2.23. The Kier molecular flexibility index (Phi) is 4.76. The number of nitrogens with zero attached hydrogens (tertiary/aromatic N) is 1. The third-order valence-corrected chi connectivity index (χ3v) is 3.97. The van der Waals surface area contributed by atoms with E-state index >= 15 is 0 Å². The van der Waals surface area contributed by atoms with Crippen LogP contribution < -0.4 is 5.32 Å². The van der Waals surface area contributed by atoms with E-state index in [1.54, 1.807) is 0 Å². The van der Waals surface area contributed by atoms with E-state index in [0.717, 1.165) is 31.7 Å². The molecule has 0 atom stereocenters. The van der Waals surface area contributed by atoms with Crippen molar-refractivity contribution in [3.8, 4) is 0 Å². The van der Waals surface area contributed by atoms with Crippen LogP contribution in [-0.4, -0.2) is 31.1 Å². The van der Waals surface area contributed by atoms with E-state index in [-0.39, 0.29) is 5.82 Å². The van der Waals surface area contributed by atoms with Crippen LogP contribution in [0.15, 0.2) is 16.6 Å². The Labute approximate surface area is 117 Å². The number of piperazine rings is 1. The normalized spacial score (nSPS) is 17.4. The second-order valence-corrected chi connectivity index (χ2v) is 6.01. The van der Waals surface area contributed by atoms with Gasteiger partial charge in [-0.2, -0.15) is 0 Å². The molecule has 0 bridgehead atoms. The Balaban J connectivity index is 2.19. The minimum Gasteiger partial charge on any atom is -0.314 e. The quantitative estimate of drug-likeness (QED) is 0.922. The van der Waals surface area contributed by atoms with E-state index in [1.165, 1.54) is 5.56 Å². The highest BCUT2D eigenvalue weighted by molar-refractivity contribution is 9.10. The summed E-state index contributed by atoms with van der Waals surface area (Å²) >= 11 is 3.32. The second kappa shape index (κ2) is 6.13. The van der Waals surface area contributed by atoms with Crippen molar-refractivity contribution in [1.29, 1.82) is 0 Å². The van der Waals surface area contributed by atoms with Gasteiger partial charge in [-0.1, -0.05) is 19.9 Å². The van der Waals surface area contributed by atoms with Gasteiger partial charge in [0.15, 0.2) is 0 Å². The second-order valence-electron chi connectivity index (χ2n) is 5.16. The van der Waals surface area contributed by atoms with Gasteiger partial charge in [0.05, 0.1) is 4.47 Å². The topological polar surface area (TPSA) is 15.3 Å². The van der Waals surface area contributed by atoms with Crippen LogP contribution in [0, 0.1) is 5.82 Å². The third-order valence-electron chi connectivity index (χ3n) is 3.40. The minimum absolute atomic E-state index is 0.113. The molecular formula is C14H20BrFN2. The number of nitrogens with one attached hydrogen (secondary N) is 1. The summed E-state index contributed by atoms with van der Waals surface area (Å²) in [4.78, 5) is 2.30. The number of hydrogen-bond acceptors (Lipinski definition) is 2. The first-order valence-corrected chi connectivity index (χ1v) is 7.28. The maximum absolute atomic E-state index is 14.1. The number of halogens is 2. The average Bonchev–Trinajstić information content (AvgIpc) is 2.35. The van der Waals surface area contributed by atoms with Crippen LogP contribution in [0.1, 0.15) is 30.9 Å². The molecule has 2 nitrogen and oxygen atoms in total. The number of hydrogen-bond donors (Lipinski definition) is 1. The predicted molar refractivity (Wildman–Crippen MR) is 76.3 cm³/mol. The van der Waals surface area contributed by atoms with Crippen molar-refractivity contribution in [2.75, 3.05) is 26.2 Å². The molecule has 1 aromatic carbocycles. The first-order chi connectivity index (χ1) is 8.58. The lowest BCUT2D eigenvalue weighted by Gasteiger charge is -2.27. The lowest BCUT2D eigenvalue weighted by molar-refractivity contribution is 0.230.